The van der Waals surface area contributed by atoms with Crippen LogP contribution in [-0.4, -0.2) is 34.9 Å². The lowest BCUT2D eigenvalue weighted by Crippen LogP contribution is -2.26. The molecular weight excluding hydrogens is 428 g/mol. The van der Waals surface area contributed by atoms with Gasteiger partial charge in [-0.25, -0.2) is 0 Å². The quantitative estimate of drug-likeness (QED) is 0.326. The summed E-state index contributed by atoms with van der Waals surface area (Å²) in [7, 11) is 0. The van der Waals surface area contributed by atoms with Crippen LogP contribution >= 0.6 is 0 Å². The molecule has 0 bridgehead atoms. The molecular formula is C29H52O5. The second-order valence-electron chi connectivity index (χ2n) is 9.35. The predicted octanol–water partition coefficient (Wildman–Crippen LogP) is 7.36. The van der Waals surface area contributed by atoms with Crippen LogP contribution in [0.5, 0.6) is 0 Å². The van der Waals surface area contributed by atoms with E-state index in [0.29, 0.717) is 19.4 Å². The number of aliphatic hydroxyl groups excluding tert-OH is 1. The number of carbonyl (C=O) groups is 2. The van der Waals surface area contributed by atoms with E-state index in [2.05, 4.69) is 43.4 Å². The summed E-state index contributed by atoms with van der Waals surface area (Å²) < 4.78 is 4.55. The van der Waals surface area contributed by atoms with Crippen LogP contribution in [0.4, 0.5) is 0 Å². The molecule has 1 fully saturated rings. The van der Waals surface area contributed by atoms with E-state index < -0.39 is 17.5 Å². The van der Waals surface area contributed by atoms with Gasteiger partial charge in [0, 0.05) is 6.42 Å². The second kappa shape index (κ2) is 19.4. The Kier molecular flexibility index (Phi) is 19.6. The number of rotatable bonds is 3. The SMILES string of the molecule is C=CC.CC.CCC(C)(C)C(=O)O.CCC1C(C)C=CC2=CCCCC21.O=C1CC(O)CCO1. The molecule has 2 aliphatic carbocycles. The summed E-state index contributed by atoms with van der Waals surface area (Å²) in [6.07, 6.45) is 15.4. The fourth-order valence-electron chi connectivity index (χ4n) is 3.82. The van der Waals surface area contributed by atoms with Crippen LogP contribution in [0.25, 0.3) is 0 Å². The molecule has 0 aromatic carbocycles. The van der Waals surface area contributed by atoms with Crippen molar-refractivity contribution in [2.24, 2.45) is 23.2 Å². The van der Waals surface area contributed by atoms with Crippen molar-refractivity contribution in [1.82, 2.24) is 0 Å². The topological polar surface area (TPSA) is 83.8 Å². The molecule has 1 heterocycles. The van der Waals surface area contributed by atoms with Crippen LogP contribution in [0.1, 0.15) is 100 Å². The van der Waals surface area contributed by atoms with E-state index in [1.54, 1.807) is 25.5 Å². The van der Waals surface area contributed by atoms with Crippen LogP contribution in [-0.2, 0) is 14.3 Å². The summed E-state index contributed by atoms with van der Waals surface area (Å²) in [4.78, 5) is 20.5. The molecule has 34 heavy (non-hydrogen) atoms. The Hall–Kier alpha value is -1.88. The maximum absolute atomic E-state index is 10.3. The molecule has 0 radical (unpaired) electrons. The summed E-state index contributed by atoms with van der Waals surface area (Å²) in [5, 5.41) is 17.2. The van der Waals surface area contributed by atoms with Gasteiger partial charge >= 0.3 is 11.9 Å². The molecule has 5 nitrogen and oxygen atoms in total. The minimum atomic E-state index is -0.722. The van der Waals surface area contributed by atoms with Gasteiger partial charge in [-0.05, 0) is 69.8 Å². The number of ether oxygens (including phenoxy) is 1. The molecule has 1 saturated heterocycles. The highest BCUT2D eigenvalue weighted by atomic mass is 16.5. The van der Waals surface area contributed by atoms with Gasteiger partial charge in [-0.1, -0.05) is 65.3 Å². The third kappa shape index (κ3) is 13.7. The predicted molar refractivity (Wildman–Crippen MR) is 143 cm³/mol. The third-order valence-electron chi connectivity index (χ3n) is 6.36. The van der Waals surface area contributed by atoms with Gasteiger partial charge in [0.15, 0.2) is 0 Å². The van der Waals surface area contributed by atoms with Crippen molar-refractivity contribution in [3.05, 3.63) is 36.5 Å². The van der Waals surface area contributed by atoms with E-state index in [0.717, 1.165) is 17.8 Å². The average Bonchev–Trinajstić information content (AvgIpc) is 2.81. The van der Waals surface area contributed by atoms with Crippen molar-refractivity contribution >= 4 is 11.9 Å². The van der Waals surface area contributed by atoms with Gasteiger partial charge in [-0.2, -0.15) is 0 Å². The second-order valence-corrected chi connectivity index (χ2v) is 9.35. The number of aliphatic carboxylic acids is 1. The zero-order chi connectivity index (χ0) is 26.7. The lowest BCUT2D eigenvalue weighted by Gasteiger charge is -2.36. The monoisotopic (exact) mass is 480 g/mol. The molecule has 1 aliphatic heterocycles. The normalized spacial score (nSPS) is 24.9. The summed E-state index contributed by atoms with van der Waals surface area (Å²) >= 11 is 0. The Morgan fingerprint density at radius 3 is 2.24 bits per heavy atom. The summed E-state index contributed by atoms with van der Waals surface area (Å²) in [5.41, 5.74) is 1.09. The van der Waals surface area contributed by atoms with Crippen molar-refractivity contribution in [3.8, 4) is 0 Å². The highest BCUT2D eigenvalue weighted by molar-refractivity contribution is 5.73. The number of cyclic esters (lactones) is 1. The number of hydrogen-bond acceptors (Lipinski definition) is 4. The molecule has 198 valence electrons. The van der Waals surface area contributed by atoms with Gasteiger partial charge in [-0.15, -0.1) is 6.58 Å². The highest BCUT2D eigenvalue weighted by Crippen LogP contribution is 2.41. The number of allylic oxidation sites excluding steroid dienone is 5. The maximum atomic E-state index is 10.3. The van der Waals surface area contributed by atoms with Crippen LogP contribution in [0.2, 0.25) is 0 Å². The van der Waals surface area contributed by atoms with Gasteiger partial charge in [0.25, 0.3) is 0 Å². The van der Waals surface area contributed by atoms with E-state index in [4.69, 9.17) is 10.2 Å². The number of carboxylic acids is 1. The molecule has 0 saturated carbocycles. The van der Waals surface area contributed by atoms with E-state index >= 15 is 0 Å². The number of hydrogen-bond donors (Lipinski definition) is 2. The lowest BCUT2D eigenvalue weighted by molar-refractivity contribution is -0.151. The Bertz CT molecular complexity index is 632. The molecule has 0 spiro atoms. The number of carbonyl (C=O) groups excluding carboxylic acids is 1. The van der Waals surface area contributed by atoms with Gasteiger partial charge in [0.05, 0.1) is 24.5 Å². The van der Waals surface area contributed by atoms with Crippen molar-refractivity contribution in [2.75, 3.05) is 6.61 Å². The Balaban J connectivity index is 0. The van der Waals surface area contributed by atoms with E-state index in [9.17, 15) is 9.59 Å². The maximum Gasteiger partial charge on any atom is 0.309 e. The van der Waals surface area contributed by atoms with Crippen molar-refractivity contribution in [1.29, 1.82) is 0 Å². The number of esters is 1. The summed E-state index contributed by atoms with van der Waals surface area (Å²) in [6, 6.07) is 0. The van der Waals surface area contributed by atoms with Gasteiger partial charge in [0.2, 0.25) is 0 Å². The summed E-state index contributed by atoms with van der Waals surface area (Å²) in [6.45, 7) is 19.6. The van der Waals surface area contributed by atoms with Crippen LogP contribution in [0.15, 0.2) is 36.5 Å². The van der Waals surface area contributed by atoms with Crippen molar-refractivity contribution < 1.29 is 24.5 Å². The standard InChI is InChI=1S/C13H20.C6H12O2.C5H8O3.C3H6.C2H6/c1-3-12-10(2)8-9-11-6-4-5-7-13(11)12;1-4-6(2,3)5(7)8;6-4-1-2-8-5(7)3-4;1-3-2;1-2/h6,8-10,12-13H,3-5,7H2,1-2H3;4H2,1-3H3,(H,7,8);4,6H,1-3H2;3H,1H2,2H3;1-2H3. The third-order valence-corrected chi connectivity index (χ3v) is 6.36. The van der Waals surface area contributed by atoms with Crippen LogP contribution < -0.4 is 0 Å². The average molecular weight is 481 g/mol. The molecule has 3 aliphatic rings. The van der Waals surface area contributed by atoms with Gasteiger partial charge in [0.1, 0.15) is 0 Å². The molecule has 0 amide bonds. The lowest BCUT2D eigenvalue weighted by atomic mass is 9.69. The molecule has 0 aromatic heterocycles. The minimum Gasteiger partial charge on any atom is -0.481 e. The zero-order valence-electron chi connectivity index (χ0n) is 23.1. The molecule has 3 rings (SSSR count). The van der Waals surface area contributed by atoms with Crippen molar-refractivity contribution in [3.63, 3.8) is 0 Å². The number of carboxylic acid groups (broad SMARTS) is 1. The Morgan fingerprint density at radius 1 is 1.26 bits per heavy atom. The molecule has 0 aromatic rings. The Labute approximate surface area is 209 Å². The van der Waals surface area contributed by atoms with Crippen molar-refractivity contribution in [2.45, 2.75) is 106 Å². The first-order chi connectivity index (χ1) is 16.0. The van der Waals surface area contributed by atoms with E-state index in [1.165, 1.54) is 25.7 Å². The Morgan fingerprint density at radius 2 is 1.85 bits per heavy atom. The van der Waals surface area contributed by atoms with Crippen LogP contribution in [0.3, 0.4) is 0 Å². The first kappa shape index (κ1) is 34.3. The first-order valence-corrected chi connectivity index (χ1v) is 13.1. The fraction of sp³-hybridized carbons (Fsp3) is 0.724. The van der Waals surface area contributed by atoms with E-state index in [-0.39, 0.29) is 12.4 Å². The molecule has 2 N–H and O–H groups in total. The number of fused-ring (bicyclic) bond motifs is 1. The molecule has 5 heteroatoms. The van der Waals surface area contributed by atoms with Crippen LogP contribution in [0, 0.1) is 23.2 Å². The molecule has 4 atom stereocenters. The smallest absolute Gasteiger partial charge is 0.309 e. The fourth-order valence-corrected chi connectivity index (χ4v) is 3.82. The largest absolute Gasteiger partial charge is 0.481 e. The van der Waals surface area contributed by atoms with Gasteiger partial charge < -0.3 is 14.9 Å². The number of aliphatic hydroxyl groups is 1. The summed E-state index contributed by atoms with van der Waals surface area (Å²) in [5.74, 6) is 1.59. The zero-order valence-corrected chi connectivity index (χ0v) is 23.1. The van der Waals surface area contributed by atoms with Gasteiger partial charge in [-0.3, -0.25) is 9.59 Å². The first-order valence-electron chi connectivity index (χ1n) is 13.1. The highest BCUT2D eigenvalue weighted by Gasteiger charge is 2.30. The minimum absolute atomic E-state index is 0.167. The van der Waals surface area contributed by atoms with E-state index in [1.807, 2.05) is 27.7 Å². The molecule has 4 unspecified atom stereocenters.